The number of ether oxygens (including phenoxy) is 1. The zero-order valence-electron chi connectivity index (χ0n) is 15.4. The molecule has 25 heavy (non-hydrogen) atoms. The van der Waals surface area contributed by atoms with Gasteiger partial charge in [-0.1, -0.05) is 19.1 Å². The molecule has 0 radical (unpaired) electrons. The third-order valence-corrected chi connectivity index (χ3v) is 7.34. The Bertz CT molecular complexity index is 738. The average molecular weight is 339 g/mol. The molecule has 1 aromatic carbocycles. The lowest BCUT2D eigenvalue weighted by Gasteiger charge is -2.49. The van der Waals surface area contributed by atoms with E-state index in [-0.39, 0.29) is 0 Å². The minimum atomic E-state index is -0.392. The molecule has 3 nitrogen and oxygen atoms in total. The Kier molecular flexibility index (Phi) is 3.93. The Morgan fingerprint density at radius 3 is 2.84 bits per heavy atom. The zero-order chi connectivity index (χ0) is 17.8. The van der Waals surface area contributed by atoms with Gasteiger partial charge in [0, 0.05) is 0 Å². The summed E-state index contributed by atoms with van der Waals surface area (Å²) in [5.74, 6) is 2.36. The van der Waals surface area contributed by atoms with Gasteiger partial charge in [0.2, 0.25) is 0 Å². The molecule has 1 amide bonds. The summed E-state index contributed by atoms with van der Waals surface area (Å²) in [4.78, 5) is 11.8. The van der Waals surface area contributed by atoms with Crippen molar-refractivity contribution < 1.29 is 9.53 Å². The number of nitrogens with two attached hydrogens (primary N) is 1. The van der Waals surface area contributed by atoms with Crippen LogP contribution in [-0.4, -0.2) is 12.5 Å². The average Bonchev–Trinajstić information content (AvgIpc) is 2.89. The molecule has 134 valence electrons. The highest BCUT2D eigenvalue weighted by Crippen LogP contribution is 2.62. The Morgan fingerprint density at radius 2 is 2.12 bits per heavy atom. The van der Waals surface area contributed by atoms with E-state index in [1.807, 2.05) is 13.0 Å². The highest BCUT2D eigenvalue weighted by atomic mass is 16.5. The maximum atomic E-state index is 11.8. The van der Waals surface area contributed by atoms with E-state index in [2.05, 4.69) is 19.6 Å². The second-order valence-corrected chi connectivity index (χ2v) is 8.36. The van der Waals surface area contributed by atoms with Crippen LogP contribution in [0.15, 0.2) is 24.3 Å². The molecule has 3 heteroatoms. The Labute approximate surface area is 150 Å². The molecule has 0 saturated heterocycles. The van der Waals surface area contributed by atoms with E-state index in [0.29, 0.717) is 29.3 Å². The normalized spacial score (nSPS) is 33.4. The number of amides is 1. The minimum Gasteiger partial charge on any atom is -0.493 e. The van der Waals surface area contributed by atoms with Crippen molar-refractivity contribution >= 4 is 5.91 Å². The van der Waals surface area contributed by atoms with Crippen LogP contribution in [0.4, 0.5) is 0 Å². The van der Waals surface area contributed by atoms with Crippen LogP contribution in [0.2, 0.25) is 0 Å². The maximum Gasteiger partial charge on any atom is 0.252 e. The molecule has 2 saturated carbocycles. The summed E-state index contributed by atoms with van der Waals surface area (Å²) in [6.45, 7) is 9.33. The van der Waals surface area contributed by atoms with E-state index < -0.39 is 5.91 Å². The molecule has 4 rings (SSSR count). The van der Waals surface area contributed by atoms with E-state index in [9.17, 15) is 4.79 Å². The van der Waals surface area contributed by atoms with Gasteiger partial charge in [0.25, 0.3) is 5.91 Å². The van der Waals surface area contributed by atoms with Crippen molar-refractivity contribution in [2.75, 3.05) is 6.61 Å². The lowest BCUT2D eigenvalue weighted by atomic mass is 9.55. The molecule has 3 aliphatic carbocycles. The Hall–Kier alpha value is -1.77. The van der Waals surface area contributed by atoms with Crippen molar-refractivity contribution in [2.24, 2.45) is 23.0 Å². The molecule has 4 atom stereocenters. The number of carbonyl (C=O) groups excluding carboxylic acids is 1. The van der Waals surface area contributed by atoms with Gasteiger partial charge in [-0.2, -0.15) is 0 Å². The largest absolute Gasteiger partial charge is 0.493 e. The smallest absolute Gasteiger partial charge is 0.252 e. The SMILES string of the molecule is C=C1CCC2C3CCc4cc(C(N)=O)c(OCC)cc4C3CC[C@]12C. The van der Waals surface area contributed by atoms with Gasteiger partial charge < -0.3 is 10.5 Å². The molecule has 0 aromatic heterocycles. The second-order valence-electron chi connectivity index (χ2n) is 8.36. The van der Waals surface area contributed by atoms with Crippen molar-refractivity contribution in [1.82, 2.24) is 0 Å². The molecule has 0 aliphatic heterocycles. The highest BCUT2D eigenvalue weighted by Gasteiger charge is 2.52. The molecule has 3 aliphatic rings. The predicted octanol–water partition coefficient (Wildman–Crippen LogP) is 4.60. The first-order chi connectivity index (χ1) is 12.0. The summed E-state index contributed by atoms with van der Waals surface area (Å²) in [6, 6.07) is 4.13. The second kappa shape index (κ2) is 5.89. The van der Waals surface area contributed by atoms with Gasteiger partial charge >= 0.3 is 0 Å². The topological polar surface area (TPSA) is 52.3 Å². The molecule has 0 spiro atoms. The van der Waals surface area contributed by atoms with Crippen molar-refractivity contribution in [3.05, 3.63) is 41.0 Å². The van der Waals surface area contributed by atoms with Gasteiger partial charge in [-0.3, -0.25) is 4.79 Å². The third kappa shape index (κ3) is 2.43. The number of allylic oxidation sites excluding steroid dienone is 1. The van der Waals surface area contributed by atoms with Gasteiger partial charge in [-0.25, -0.2) is 0 Å². The lowest BCUT2D eigenvalue weighted by Crippen LogP contribution is -2.40. The van der Waals surface area contributed by atoms with Crippen LogP contribution in [0, 0.1) is 17.3 Å². The molecule has 1 aromatic rings. The first-order valence-electron chi connectivity index (χ1n) is 9.73. The van der Waals surface area contributed by atoms with Gasteiger partial charge in [0.05, 0.1) is 12.2 Å². The van der Waals surface area contributed by atoms with Crippen molar-refractivity contribution in [3.8, 4) is 5.75 Å². The van der Waals surface area contributed by atoms with Crippen LogP contribution >= 0.6 is 0 Å². The van der Waals surface area contributed by atoms with E-state index in [1.54, 1.807) is 0 Å². The summed E-state index contributed by atoms with van der Waals surface area (Å²) in [7, 11) is 0. The standard InChI is InChI=1S/C22H29NO2/c1-4-25-20-12-17-14(11-18(20)21(23)24)6-7-16-15(17)9-10-22(3)13(2)5-8-19(16)22/h11-12,15-16,19H,2,4-10H2,1,3H3,(H2,23,24)/t15?,16?,19?,22-/m1/s1. The monoisotopic (exact) mass is 339 g/mol. The van der Waals surface area contributed by atoms with Gasteiger partial charge in [0.1, 0.15) is 5.75 Å². The number of carbonyl (C=O) groups is 1. The number of hydrogen-bond donors (Lipinski definition) is 1. The van der Waals surface area contributed by atoms with Crippen LogP contribution in [0.5, 0.6) is 5.75 Å². The van der Waals surface area contributed by atoms with Crippen LogP contribution in [0.3, 0.4) is 0 Å². The summed E-state index contributed by atoms with van der Waals surface area (Å²) in [5, 5.41) is 0. The van der Waals surface area contributed by atoms with Crippen LogP contribution in [0.25, 0.3) is 0 Å². The van der Waals surface area contributed by atoms with E-state index in [4.69, 9.17) is 10.5 Å². The van der Waals surface area contributed by atoms with Crippen LogP contribution in [0.1, 0.15) is 73.4 Å². The zero-order valence-corrected chi connectivity index (χ0v) is 15.4. The molecule has 3 unspecified atom stereocenters. The number of aryl methyl sites for hydroxylation is 1. The quantitative estimate of drug-likeness (QED) is 0.819. The van der Waals surface area contributed by atoms with Gasteiger partial charge in [-0.05, 0) is 91.9 Å². The molecule has 0 bridgehead atoms. The van der Waals surface area contributed by atoms with Gasteiger partial charge in [0.15, 0.2) is 0 Å². The number of benzene rings is 1. The minimum absolute atomic E-state index is 0.342. The van der Waals surface area contributed by atoms with Crippen molar-refractivity contribution in [3.63, 3.8) is 0 Å². The fourth-order valence-corrected chi connectivity index (χ4v) is 5.97. The Balaban J connectivity index is 1.74. The van der Waals surface area contributed by atoms with Crippen molar-refractivity contribution in [1.29, 1.82) is 0 Å². The molecule has 0 heterocycles. The molecular formula is C22H29NO2. The molecule has 2 fully saturated rings. The first kappa shape index (κ1) is 16.7. The number of hydrogen-bond acceptors (Lipinski definition) is 2. The van der Waals surface area contributed by atoms with Crippen LogP contribution in [-0.2, 0) is 6.42 Å². The van der Waals surface area contributed by atoms with Crippen molar-refractivity contribution in [2.45, 2.75) is 58.3 Å². The fourth-order valence-electron chi connectivity index (χ4n) is 5.97. The molecule has 2 N–H and O–H groups in total. The summed E-state index contributed by atoms with van der Waals surface area (Å²) in [5.41, 5.74) is 10.6. The highest BCUT2D eigenvalue weighted by molar-refractivity contribution is 5.96. The number of primary amides is 1. The fraction of sp³-hybridized carbons (Fsp3) is 0.591. The van der Waals surface area contributed by atoms with Crippen LogP contribution < -0.4 is 10.5 Å². The van der Waals surface area contributed by atoms with E-state index in [1.165, 1.54) is 48.8 Å². The summed E-state index contributed by atoms with van der Waals surface area (Å²) in [6.07, 6.45) is 7.20. The van der Waals surface area contributed by atoms with E-state index >= 15 is 0 Å². The number of rotatable bonds is 3. The summed E-state index contributed by atoms with van der Waals surface area (Å²) >= 11 is 0. The lowest BCUT2D eigenvalue weighted by molar-refractivity contribution is 0.0814. The Morgan fingerprint density at radius 1 is 1.32 bits per heavy atom. The first-order valence-corrected chi connectivity index (χ1v) is 9.73. The number of fused-ring (bicyclic) bond motifs is 5. The summed E-state index contributed by atoms with van der Waals surface area (Å²) < 4.78 is 5.75. The van der Waals surface area contributed by atoms with E-state index in [0.717, 1.165) is 18.3 Å². The third-order valence-electron chi connectivity index (χ3n) is 7.34. The maximum absolute atomic E-state index is 11.8. The molecular weight excluding hydrogens is 310 g/mol. The predicted molar refractivity (Wildman–Crippen MR) is 99.9 cm³/mol. The van der Waals surface area contributed by atoms with Gasteiger partial charge in [-0.15, -0.1) is 0 Å².